The van der Waals surface area contributed by atoms with Crippen LogP contribution in [-0.2, 0) is 13.1 Å². The number of halogens is 1. The maximum Gasteiger partial charge on any atom is 0.183 e. The minimum atomic E-state index is -0.230. The van der Waals surface area contributed by atoms with Crippen LogP contribution in [0.5, 0.6) is 11.5 Å². The number of nitrogens with zero attached hydrogens (tertiary/aromatic N) is 3. The van der Waals surface area contributed by atoms with Crippen LogP contribution in [0.15, 0.2) is 54.7 Å². The summed E-state index contributed by atoms with van der Waals surface area (Å²) in [7, 11) is 3.28. The summed E-state index contributed by atoms with van der Waals surface area (Å²) in [5.41, 5.74) is 3.23. The third-order valence-corrected chi connectivity index (χ3v) is 6.04. The molecule has 2 heterocycles. The predicted octanol–water partition coefficient (Wildman–Crippen LogP) is 5.13. The second-order valence-corrected chi connectivity index (χ2v) is 7.92. The van der Waals surface area contributed by atoms with Gasteiger partial charge in [0.25, 0.3) is 0 Å². The van der Waals surface area contributed by atoms with Crippen molar-refractivity contribution in [2.75, 3.05) is 19.5 Å². The standard InChI is InChI=1S/C23H23FN4O2S/c1-15-22(19-11-12-28(27-19)14-16-7-4-5-8-18(16)24)31-23(26-15)25-13-17-20(29-2)9-6-10-21(17)30-3/h4-12H,13-14H2,1-3H3,(H,25,26). The monoisotopic (exact) mass is 438 g/mol. The second kappa shape index (κ2) is 9.18. The fourth-order valence-corrected chi connectivity index (χ4v) is 4.27. The number of ether oxygens (including phenoxy) is 2. The highest BCUT2D eigenvalue weighted by molar-refractivity contribution is 7.19. The molecule has 4 rings (SSSR count). The zero-order chi connectivity index (χ0) is 21.8. The summed E-state index contributed by atoms with van der Waals surface area (Å²) in [6, 6.07) is 14.4. The smallest absolute Gasteiger partial charge is 0.183 e. The van der Waals surface area contributed by atoms with E-state index < -0.39 is 0 Å². The molecule has 0 radical (unpaired) electrons. The number of hydrogen-bond acceptors (Lipinski definition) is 6. The lowest BCUT2D eigenvalue weighted by Gasteiger charge is -2.13. The lowest BCUT2D eigenvalue weighted by Crippen LogP contribution is -2.03. The summed E-state index contributed by atoms with van der Waals surface area (Å²) in [5.74, 6) is 1.28. The predicted molar refractivity (Wildman–Crippen MR) is 120 cm³/mol. The Labute approximate surface area is 184 Å². The van der Waals surface area contributed by atoms with E-state index in [9.17, 15) is 4.39 Å². The summed E-state index contributed by atoms with van der Waals surface area (Å²) in [6.45, 7) is 2.85. The molecule has 0 aliphatic rings. The molecular weight excluding hydrogens is 415 g/mol. The van der Waals surface area contributed by atoms with Crippen LogP contribution in [0.1, 0.15) is 16.8 Å². The van der Waals surface area contributed by atoms with Crippen molar-refractivity contribution in [3.8, 4) is 22.1 Å². The van der Waals surface area contributed by atoms with Gasteiger partial charge in [0.2, 0.25) is 0 Å². The molecule has 0 amide bonds. The minimum Gasteiger partial charge on any atom is -0.496 e. The van der Waals surface area contributed by atoms with Crippen LogP contribution in [0, 0.1) is 12.7 Å². The first-order valence-corrected chi connectivity index (χ1v) is 10.6. The molecule has 8 heteroatoms. The Morgan fingerprint density at radius 3 is 2.48 bits per heavy atom. The summed E-state index contributed by atoms with van der Waals surface area (Å²) in [5, 5.41) is 8.76. The average Bonchev–Trinajstić information content (AvgIpc) is 3.39. The number of rotatable bonds is 8. The molecule has 0 unspecified atom stereocenters. The van der Waals surface area contributed by atoms with E-state index >= 15 is 0 Å². The van der Waals surface area contributed by atoms with Crippen LogP contribution < -0.4 is 14.8 Å². The molecule has 0 saturated heterocycles. The SMILES string of the molecule is COc1cccc(OC)c1CNc1nc(C)c(-c2ccn(Cc3ccccc3F)n2)s1. The molecule has 31 heavy (non-hydrogen) atoms. The molecule has 0 aliphatic heterocycles. The maximum absolute atomic E-state index is 13.9. The molecule has 4 aromatic rings. The number of nitrogens with one attached hydrogen (secondary N) is 1. The minimum absolute atomic E-state index is 0.230. The van der Waals surface area contributed by atoms with Crippen molar-refractivity contribution < 1.29 is 13.9 Å². The highest BCUT2D eigenvalue weighted by Crippen LogP contribution is 2.34. The van der Waals surface area contributed by atoms with E-state index in [-0.39, 0.29) is 5.82 Å². The fourth-order valence-electron chi connectivity index (χ4n) is 3.35. The molecule has 0 aliphatic carbocycles. The van der Waals surface area contributed by atoms with E-state index in [1.54, 1.807) is 31.0 Å². The Morgan fingerprint density at radius 2 is 1.77 bits per heavy atom. The third-order valence-electron chi connectivity index (χ3n) is 4.91. The van der Waals surface area contributed by atoms with Crippen LogP contribution in [0.4, 0.5) is 9.52 Å². The van der Waals surface area contributed by atoms with Gasteiger partial charge in [0.1, 0.15) is 23.0 Å². The highest BCUT2D eigenvalue weighted by atomic mass is 32.1. The van der Waals surface area contributed by atoms with Gasteiger partial charge in [-0.25, -0.2) is 9.37 Å². The van der Waals surface area contributed by atoms with Crippen molar-refractivity contribution in [2.24, 2.45) is 0 Å². The average molecular weight is 439 g/mol. The van der Waals surface area contributed by atoms with Gasteiger partial charge in [-0.05, 0) is 31.2 Å². The van der Waals surface area contributed by atoms with Gasteiger partial charge in [0, 0.05) is 18.3 Å². The number of aromatic nitrogens is 3. The van der Waals surface area contributed by atoms with Gasteiger partial charge in [0.15, 0.2) is 5.13 Å². The first kappa shape index (κ1) is 20.9. The molecule has 160 valence electrons. The Kier molecular flexibility index (Phi) is 6.18. The van der Waals surface area contributed by atoms with E-state index in [0.29, 0.717) is 18.7 Å². The van der Waals surface area contributed by atoms with Crippen molar-refractivity contribution in [3.63, 3.8) is 0 Å². The van der Waals surface area contributed by atoms with Crippen molar-refractivity contribution >= 4 is 16.5 Å². The number of benzene rings is 2. The van der Waals surface area contributed by atoms with Crippen LogP contribution in [0.25, 0.3) is 10.6 Å². The van der Waals surface area contributed by atoms with E-state index in [1.807, 2.05) is 43.5 Å². The van der Waals surface area contributed by atoms with Crippen LogP contribution >= 0.6 is 11.3 Å². The zero-order valence-electron chi connectivity index (χ0n) is 17.6. The Morgan fingerprint density at radius 1 is 1.03 bits per heavy atom. The Bertz CT molecular complexity index is 1170. The first-order valence-electron chi connectivity index (χ1n) is 9.77. The summed E-state index contributed by atoms with van der Waals surface area (Å²) in [4.78, 5) is 5.61. The van der Waals surface area contributed by atoms with E-state index in [2.05, 4.69) is 15.4 Å². The molecule has 0 spiro atoms. The van der Waals surface area contributed by atoms with Crippen LogP contribution in [-0.4, -0.2) is 29.0 Å². The molecule has 0 atom stereocenters. The number of hydrogen-bond donors (Lipinski definition) is 1. The van der Waals surface area contributed by atoms with Gasteiger partial charge >= 0.3 is 0 Å². The molecular formula is C23H23FN4O2S. The molecule has 6 nitrogen and oxygen atoms in total. The van der Waals surface area contributed by atoms with Crippen molar-refractivity contribution in [1.82, 2.24) is 14.8 Å². The van der Waals surface area contributed by atoms with Crippen LogP contribution in [0.2, 0.25) is 0 Å². The summed E-state index contributed by atoms with van der Waals surface area (Å²) < 4.78 is 26.6. The number of methoxy groups -OCH3 is 2. The largest absolute Gasteiger partial charge is 0.496 e. The lowest BCUT2D eigenvalue weighted by molar-refractivity contribution is 0.386. The highest BCUT2D eigenvalue weighted by Gasteiger charge is 2.15. The Balaban J connectivity index is 1.50. The van der Waals surface area contributed by atoms with Gasteiger partial charge < -0.3 is 14.8 Å². The van der Waals surface area contributed by atoms with Crippen molar-refractivity contribution in [1.29, 1.82) is 0 Å². The third kappa shape index (κ3) is 4.54. The summed E-state index contributed by atoms with van der Waals surface area (Å²) in [6.07, 6.45) is 1.85. The molecule has 2 aromatic heterocycles. The van der Waals surface area contributed by atoms with Gasteiger partial charge in [0.05, 0.1) is 36.9 Å². The van der Waals surface area contributed by atoms with E-state index in [1.165, 1.54) is 17.4 Å². The van der Waals surface area contributed by atoms with E-state index in [4.69, 9.17) is 9.47 Å². The number of aryl methyl sites for hydroxylation is 1. The van der Waals surface area contributed by atoms with Gasteiger partial charge in [-0.1, -0.05) is 35.6 Å². The first-order chi connectivity index (χ1) is 15.1. The maximum atomic E-state index is 13.9. The lowest BCUT2D eigenvalue weighted by atomic mass is 10.1. The molecule has 1 N–H and O–H groups in total. The zero-order valence-corrected chi connectivity index (χ0v) is 18.4. The molecule has 0 saturated carbocycles. The van der Waals surface area contributed by atoms with Gasteiger partial charge in [-0.3, -0.25) is 4.68 Å². The van der Waals surface area contributed by atoms with Gasteiger partial charge in [-0.2, -0.15) is 5.10 Å². The fraction of sp³-hybridized carbons (Fsp3) is 0.217. The molecule has 0 bridgehead atoms. The van der Waals surface area contributed by atoms with Gasteiger partial charge in [-0.15, -0.1) is 0 Å². The molecule has 0 fully saturated rings. The quantitative estimate of drug-likeness (QED) is 0.413. The normalized spacial score (nSPS) is 10.8. The number of thiazole rings is 1. The van der Waals surface area contributed by atoms with Crippen LogP contribution in [0.3, 0.4) is 0 Å². The topological polar surface area (TPSA) is 61.2 Å². The number of anilines is 1. The Hall–Kier alpha value is -3.39. The van der Waals surface area contributed by atoms with E-state index in [0.717, 1.165) is 38.5 Å². The summed E-state index contributed by atoms with van der Waals surface area (Å²) >= 11 is 1.53. The molecule has 2 aromatic carbocycles. The van der Waals surface area contributed by atoms with Crippen molar-refractivity contribution in [2.45, 2.75) is 20.0 Å². The van der Waals surface area contributed by atoms with Crippen molar-refractivity contribution in [3.05, 3.63) is 77.4 Å². The second-order valence-electron chi connectivity index (χ2n) is 6.92.